The predicted molar refractivity (Wildman–Crippen MR) is 51.5 cm³/mol. The number of aromatic nitrogens is 1. The van der Waals surface area contributed by atoms with Crippen molar-refractivity contribution in [3.8, 4) is 0 Å². The van der Waals surface area contributed by atoms with Gasteiger partial charge in [0.2, 0.25) is 0 Å². The largest absolute Gasteiger partial charge is 0.383 e. The average molecular weight is 285 g/mol. The summed E-state index contributed by atoms with van der Waals surface area (Å²) in [6.45, 7) is 0. The van der Waals surface area contributed by atoms with E-state index in [0.717, 1.165) is 6.07 Å². The fourth-order valence-corrected chi connectivity index (χ4v) is 1.46. The van der Waals surface area contributed by atoms with Crippen molar-refractivity contribution in [1.29, 1.82) is 0 Å². The van der Waals surface area contributed by atoms with Crippen molar-refractivity contribution in [2.75, 3.05) is 5.73 Å². The Morgan fingerprint density at radius 1 is 1.64 bits per heavy atom. The van der Waals surface area contributed by atoms with Crippen molar-refractivity contribution in [2.45, 2.75) is 6.43 Å². The third-order valence-electron chi connectivity index (χ3n) is 1.48. The molecule has 0 bridgehead atoms. The molecule has 0 radical (unpaired) electrons. The van der Waals surface area contributed by atoms with Crippen LogP contribution in [0.3, 0.4) is 0 Å². The van der Waals surface area contributed by atoms with Crippen LogP contribution in [-0.4, -0.2) is 10.2 Å². The normalized spacial score (nSPS) is 10.6. The van der Waals surface area contributed by atoms with Crippen LogP contribution in [0, 0.1) is 0 Å². The lowest BCUT2D eigenvalue weighted by molar-refractivity contribution is 0.108. The van der Waals surface area contributed by atoms with E-state index in [-0.39, 0.29) is 16.0 Å². The van der Waals surface area contributed by atoms with Gasteiger partial charge in [0.1, 0.15) is 10.4 Å². The second kappa shape index (κ2) is 4.18. The summed E-state index contributed by atoms with van der Waals surface area (Å²) in [7, 11) is 0. The maximum atomic E-state index is 12.3. The number of alkyl halides is 2. The second-order valence-corrected chi connectivity index (χ2v) is 3.47. The SMILES string of the molecule is Nc1nc(Br)c(C(F)F)cc1C(=O)Cl. The van der Waals surface area contributed by atoms with Gasteiger partial charge in [-0.15, -0.1) is 0 Å². The molecule has 1 aromatic rings. The summed E-state index contributed by atoms with van der Waals surface area (Å²) in [5.41, 5.74) is 4.67. The van der Waals surface area contributed by atoms with E-state index in [0.29, 0.717) is 0 Å². The van der Waals surface area contributed by atoms with Gasteiger partial charge in [0.25, 0.3) is 11.7 Å². The lowest BCUT2D eigenvalue weighted by Crippen LogP contribution is -2.04. The van der Waals surface area contributed by atoms with Gasteiger partial charge in [-0.05, 0) is 33.6 Å². The van der Waals surface area contributed by atoms with Crippen LogP contribution in [-0.2, 0) is 0 Å². The van der Waals surface area contributed by atoms with Crippen molar-refractivity contribution < 1.29 is 13.6 Å². The minimum absolute atomic E-state index is 0.0910. The molecular formula is C7H4BrClF2N2O. The first-order valence-corrected chi connectivity index (χ1v) is 4.54. The van der Waals surface area contributed by atoms with Gasteiger partial charge >= 0.3 is 0 Å². The molecule has 0 unspecified atom stereocenters. The highest BCUT2D eigenvalue weighted by atomic mass is 79.9. The number of pyridine rings is 1. The number of nitrogens with two attached hydrogens (primary N) is 1. The maximum Gasteiger partial charge on any atom is 0.266 e. The molecule has 2 N–H and O–H groups in total. The molecule has 1 aromatic heterocycles. The van der Waals surface area contributed by atoms with Crippen LogP contribution in [0.2, 0.25) is 0 Å². The van der Waals surface area contributed by atoms with Crippen LogP contribution in [0.5, 0.6) is 0 Å². The molecular weight excluding hydrogens is 281 g/mol. The zero-order chi connectivity index (χ0) is 10.9. The molecule has 1 heterocycles. The Labute approximate surface area is 91.4 Å². The Bertz CT molecular complexity index is 386. The van der Waals surface area contributed by atoms with E-state index < -0.39 is 17.2 Å². The highest BCUT2D eigenvalue weighted by Gasteiger charge is 2.18. The quantitative estimate of drug-likeness (QED) is 0.671. The zero-order valence-corrected chi connectivity index (χ0v) is 8.94. The number of hydrogen-bond acceptors (Lipinski definition) is 3. The molecule has 14 heavy (non-hydrogen) atoms. The topological polar surface area (TPSA) is 56.0 Å². The number of nitrogen functional groups attached to an aromatic ring is 1. The standard InChI is InChI=1S/C7H4BrClF2N2O/c8-4-2(6(10)11)1-3(5(9)14)7(12)13-4/h1,6H,(H2,12,13). The number of carbonyl (C=O) groups excluding carboxylic acids is 1. The molecule has 0 fully saturated rings. The van der Waals surface area contributed by atoms with Crippen LogP contribution in [0.4, 0.5) is 14.6 Å². The molecule has 0 saturated heterocycles. The smallest absolute Gasteiger partial charge is 0.266 e. The van der Waals surface area contributed by atoms with E-state index in [9.17, 15) is 13.6 Å². The van der Waals surface area contributed by atoms with Crippen LogP contribution >= 0.6 is 27.5 Å². The molecule has 0 aromatic carbocycles. The fraction of sp³-hybridized carbons (Fsp3) is 0.143. The van der Waals surface area contributed by atoms with E-state index >= 15 is 0 Å². The van der Waals surface area contributed by atoms with Crippen LogP contribution in [0.25, 0.3) is 0 Å². The average Bonchev–Trinajstić information content (AvgIpc) is 2.02. The van der Waals surface area contributed by atoms with Gasteiger partial charge in [-0.1, -0.05) is 0 Å². The summed E-state index contributed by atoms with van der Waals surface area (Å²) in [4.78, 5) is 14.3. The van der Waals surface area contributed by atoms with Crippen molar-refractivity contribution >= 4 is 38.6 Å². The van der Waals surface area contributed by atoms with Crippen LogP contribution in [0.15, 0.2) is 10.7 Å². The highest BCUT2D eigenvalue weighted by molar-refractivity contribution is 9.10. The lowest BCUT2D eigenvalue weighted by atomic mass is 10.2. The molecule has 0 spiro atoms. The molecule has 3 nitrogen and oxygen atoms in total. The van der Waals surface area contributed by atoms with Gasteiger partial charge in [-0.3, -0.25) is 4.79 Å². The van der Waals surface area contributed by atoms with Crippen molar-refractivity contribution in [3.63, 3.8) is 0 Å². The minimum Gasteiger partial charge on any atom is -0.383 e. The molecule has 0 amide bonds. The number of carbonyl (C=O) groups is 1. The maximum absolute atomic E-state index is 12.3. The van der Waals surface area contributed by atoms with Crippen molar-refractivity contribution in [2.24, 2.45) is 0 Å². The van der Waals surface area contributed by atoms with Crippen LogP contribution in [0.1, 0.15) is 22.3 Å². The Balaban J connectivity index is 3.34. The monoisotopic (exact) mass is 284 g/mol. The molecule has 7 heteroatoms. The Hall–Kier alpha value is -0.750. The number of halogens is 4. The summed E-state index contributed by atoms with van der Waals surface area (Å²) in [6.07, 6.45) is -2.74. The van der Waals surface area contributed by atoms with E-state index in [2.05, 4.69) is 20.9 Å². The number of hydrogen-bond donors (Lipinski definition) is 1. The van der Waals surface area contributed by atoms with E-state index in [4.69, 9.17) is 17.3 Å². The molecule has 0 aliphatic rings. The first-order chi connectivity index (χ1) is 6.43. The molecule has 0 aliphatic heterocycles. The van der Waals surface area contributed by atoms with E-state index in [1.165, 1.54) is 0 Å². The third-order valence-corrected chi connectivity index (χ3v) is 2.32. The fourth-order valence-electron chi connectivity index (χ4n) is 0.830. The highest BCUT2D eigenvalue weighted by Crippen LogP contribution is 2.29. The number of nitrogens with zero attached hydrogens (tertiary/aromatic N) is 1. The first-order valence-electron chi connectivity index (χ1n) is 3.37. The third kappa shape index (κ3) is 2.19. The van der Waals surface area contributed by atoms with Gasteiger partial charge in [-0.25, -0.2) is 13.8 Å². The Kier molecular flexibility index (Phi) is 3.38. The van der Waals surface area contributed by atoms with E-state index in [1.54, 1.807) is 0 Å². The first kappa shape index (κ1) is 11.3. The Morgan fingerprint density at radius 2 is 2.21 bits per heavy atom. The molecule has 76 valence electrons. The second-order valence-electron chi connectivity index (χ2n) is 2.38. The van der Waals surface area contributed by atoms with Gasteiger partial charge in [0.05, 0.1) is 11.1 Å². The van der Waals surface area contributed by atoms with Crippen LogP contribution < -0.4 is 5.73 Å². The summed E-state index contributed by atoms with van der Waals surface area (Å²) in [5.74, 6) is -0.179. The summed E-state index contributed by atoms with van der Waals surface area (Å²) in [5, 5.41) is -0.913. The summed E-state index contributed by atoms with van der Waals surface area (Å²) >= 11 is 7.92. The van der Waals surface area contributed by atoms with Gasteiger partial charge in [0.15, 0.2) is 0 Å². The predicted octanol–water partition coefficient (Wildman–Crippen LogP) is 2.74. The molecule has 0 atom stereocenters. The number of rotatable bonds is 2. The van der Waals surface area contributed by atoms with Gasteiger partial charge < -0.3 is 5.73 Å². The zero-order valence-electron chi connectivity index (χ0n) is 6.60. The lowest BCUT2D eigenvalue weighted by Gasteiger charge is -2.06. The van der Waals surface area contributed by atoms with Crippen molar-refractivity contribution in [3.05, 3.63) is 21.8 Å². The minimum atomic E-state index is -2.74. The summed E-state index contributed by atoms with van der Waals surface area (Å²) in [6, 6.07) is 0.923. The van der Waals surface area contributed by atoms with Gasteiger partial charge in [0, 0.05) is 0 Å². The van der Waals surface area contributed by atoms with Crippen molar-refractivity contribution in [1.82, 2.24) is 4.98 Å². The van der Waals surface area contributed by atoms with Gasteiger partial charge in [-0.2, -0.15) is 0 Å². The summed E-state index contributed by atoms with van der Waals surface area (Å²) < 4.78 is 24.6. The molecule has 0 saturated carbocycles. The molecule has 1 rings (SSSR count). The Morgan fingerprint density at radius 3 is 2.64 bits per heavy atom. The number of anilines is 1. The molecule has 0 aliphatic carbocycles. The van der Waals surface area contributed by atoms with E-state index in [1.807, 2.05) is 0 Å².